The molecule has 2 heterocycles. The van der Waals surface area contributed by atoms with E-state index in [1.54, 1.807) is 7.11 Å². The van der Waals surface area contributed by atoms with Crippen molar-refractivity contribution in [3.05, 3.63) is 82.3 Å². The van der Waals surface area contributed by atoms with E-state index in [9.17, 15) is 9.59 Å². The molecule has 2 N–H and O–H groups in total. The summed E-state index contributed by atoms with van der Waals surface area (Å²) in [6.45, 7) is 0.669. The summed E-state index contributed by atoms with van der Waals surface area (Å²) in [6, 6.07) is 19.1. The third-order valence-electron chi connectivity index (χ3n) is 8.12. The van der Waals surface area contributed by atoms with Crippen molar-refractivity contribution in [3.8, 4) is 17.1 Å². The summed E-state index contributed by atoms with van der Waals surface area (Å²) >= 11 is 0. The lowest BCUT2D eigenvalue weighted by atomic mass is 9.83. The predicted octanol–water partition coefficient (Wildman–Crippen LogP) is 4.16. The van der Waals surface area contributed by atoms with Gasteiger partial charge < -0.3 is 19.8 Å². The van der Waals surface area contributed by atoms with Crippen LogP contribution in [-0.4, -0.2) is 44.7 Å². The van der Waals surface area contributed by atoms with E-state index in [-0.39, 0.29) is 23.5 Å². The van der Waals surface area contributed by atoms with Crippen molar-refractivity contribution in [2.45, 2.75) is 62.6 Å². The molecule has 0 atom stereocenters. The Morgan fingerprint density at radius 3 is 2.56 bits per heavy atom. The lowest BCUT2D eigenvalue weighted by Crippen LogP contribution is -2.51. The van der Waals surface area contributed by atoms with Crippen LogP contribution in [0.1, 0.15) is 56.2 Å². The van der Waals surface area contributed by atoms with E-state index in [0.717, 1.165) is 43.4 Å². The molecule has 0 saturated heterocycles. The summed E-state index contributed by atoms with van der Waals surface area (Å²) in [4.78, 5) is 34.1. The first-order valence-electron chi connectivity index (χ1n) is 13.6. The number of methoxy groups -OCH3 is 1. The standard InChI is InChI=1S/C30H33N5O4/c1-38-24-12-8-11-22(17-24)29(15-16-29)20-31-27(37)30(13-6-3-7-14-30)39-19-23-18-25(36)35-28(32-23)33-26(34-35)21-9-4-2-5-10-21/h2,4-5,8-12,17-18H,3,6-7,13-16,19-20H2,1H3,(H,31,37)(H,32,33,34). The first-order valence-corrected chi connectivity index (χ1v) is 13.6. The van der Waals surface area contributed by atoms with Crippen molar-refractivity contribution < 1.29 is 14.3 Å². The van der Waals surface area contributed by atoms with Crippen LogP contribution in [0.3, 0.4) is 0 Å². The van der Waals surface area contributed by atoms with Crippen LogP contribution < -0.4 is 15.6 Å². The molecule has 0 spiro atoms. The van der Waals surface area contributed by atoms with Crippen molar-refractivity contribution in [3.63, 3.8) is 0 Å². The first-order chi connectivity index (χ1) is 19.0. The lowest BCUT2D eigenvalue weighted by molar-refractivity contribution is -0.154. The van der Waals surface area contributed by atoms with Crippen LogP contribution in [-0.2, 0) is 21.6 Å². The van der Waals surface area contributed by atoms with Crippen molar-refractivity contribution in [2.24, 2.45) is 0 Å². The maximum atomic E-state index is 13.7. The molecule has 6 rings (SSSR count). The highest BCUT2D eigenvalue weighted by Crippen LogP contribution is 2.48. The molecule has 0 radical (unpaired) electrons. The molecule has 1 amide bonds. The minimum Gasteiger partial charge on any atom is -0.497 e. The van der Waals surface area contributed by atoms with Gasteiger partial charge in [0, 0.05) is 29.3 Å². The molecule has 39 heavy (non-hydrogen) atoms. The topological polar surface area (TPSA) is 111 Å². The number of H-pyrrole nitrogens is 1. The maximum Gasteiger partial charge on any atom is 0.275 e. The van der Waals surface area contributed by atoms with Crippen molar-refractivity contribution in [1.29, 1.82) is 0 Å². The second kappa shape index (κ2) is 10.3. The number of carbonyl (C=O) groups excluding carboxylic acids is 1. The van der Waals surface area contributed by atoms with Gasteiger partial charge in [0.1, 0.15) is 11.4 Å². The number of nitrogens with one attached hydrogen (secondary N) is 2. The van der Waals surface area contributed by atoms with Gasteiger partial charge in [-0.2, -0.15) is 9.50 Å². The highest BCUT2D eigenvalue weighted by molar-refractivity contribution is 5.85. The molecular formula is C30H33N5O4. The molecule has 2 aliphatic carbocycles. The quantitative estimate of drug-likeness (QED) is 0.338. The number of fused-ring (bicyclic) bond motifs is 1. The average molecular weight is 528 g/mol. The Hall–Kier alpha value is -3.98. The molecule has 202 valence electrons. The predicted molar refractivity (Wildman–Crippen MR) is 147 cm³/mol. The molecular weight excluding hydrogens is 494 g/mol. The van der Waals surface area contributed by atoms with E-state index in [0.29, 0.717) is 36.7 Å². The van der Waals surface area contributed by atoms with Crippen LogP contribution in [0.25, 0.3) is 17.2 Å². The summed E-state index contributed by atoms with van der Waals surface area (Å²) in [5, 5.41) is 7.58. The zero-order chi connectivity index (χ0) is 26.9. The van der Waals surface area contributed by atoms with E-state index < -0.39 is 5.60 Å². The van der Waals surface area contributed by atoms with Gasteiger partial charge in [-0.15, -0.1) is 5.10 Å². The first kappa shape index (κ1) is 25.3. The molecule has 2 aliphatic rings. The van der Waals surface area contributed by atoms with E-state index in [4.69, 9.17) is 9.47 Å². The Balaban J connectivity index is 1.18. The number of amides is 1. The number of carbonyl (C=O) groups is 1. The van der Waals surface area contributed by atoms with Gasteiger partial charge in [0.2, 0.25) is 5.78 Å². The number of hydrogen-bond acceptors (Lipinski definition) is 6. The average Bonchev–Trinajstić information content (AvgIpc) is 3.66. The van der Waals surface area contributed by atoms with Gasteiger partial charge in [-0.05, 0) is 43.4 Å². The zero-order valence-electron chi connectivity index (χ0n) is 22.1. The molecule has 2 aromatic heterocycles. The van der Waals surface area contributed by atoms with E-state index >= 15 is 0 Å². The van der Waals surface area contributed by atoms with Gasteiger partial charge in [-0.1, -0.05) is 61.7 Å². The number of benzene rings is 2. The third-order valence-corrected chi connectivity index (χ3v) is 8.12. The van der Waals surface area contributed by atoms with Gasteiger partial charge >= 0.3 is 0 Å². The molecule has 9 nitrogen and oxygen atoms in total. The lowest BCUT2D eigenvalue weighted by Gasteiger charge is -2.36. The minimum atomic E-state index is -0.922. The van der Waals surface area contributed by atoms with Crippen LogP contribution in [0.5, 0.6) is 5.75 Å². The Morgan fingerprint density at radius 1 is 1.03 bits per heavy atom. The monoisotopic (exact) mass is 527 g/mol. The summed E-state index contributed by atoms with van der Waals surface area (Å²) in [5.41, 5.74) is 1.30. The van der Waals surface area contributed by atoms with Gasteiger partial charge in [0.15, 0.2) is 5.82 Å². The summed E-state index contributed by atoms with van der Waals surface area (Å²) in [5.74, 6) is 1.56. The van der Waals surface area contributed by atoms with Crippen molar-refractivity contribution in [1.82, 2.24) is 24.9 Å². The maximum absolute atomic E-state index is 13.7. The van der Waals surface area contributed by atoms with Crippen LogP contribution >= 0.6 is 0 Å². The molecule has 0 bridgehead atoms. The number of ether oxygens (including phenoxy) is 2. The smallest absolute Gasteiger partial charge is 0.275 e. The molecule has 0 unspecified atom stereocenters. The summed E-state index contributed by atoms with van der Waals surface area (Å²) in [6.07, 6.45) is 6.29. The normalized spacial score (nSPS) is 17.6. The van der Waals surface area contributed by atoms with Crippen molar-refractivity contribution in [2.75, 3.05) is 13.7 Å². The Bertz CT molecular complexity index is 1530. The van der Waals surface area contributed by atoms with Crippen LogP contribution in [0, 0.1) is 0 Å². The van der Waals surface area contributed by atoms with Crippen molar-refractivity contribution >= 4 is 11.7 Å². The van der Waals surface area contributed by atoms with Crippen LogP contribution in [0.4, 0.5) is 0 Å². The van der Waals surface area contributed by atoms with Crippen LogP contribution in [0.2, 0.25) is 0 Å². The van der Waals surface area contributed by atoms with Gasteiger partial charge in [-0.3, -0.25) is 9.59 Å². The number of hydrogen-bond donors (Lipinski definition) is 2. The molecule has 2 fully saturated rings. The van der Waals surface area contributed by atoms with E-state index in [1.165, 1.54) is 16.1 Å². The molecule has 0 aliphatic heterocycles. The number of aromatic amines is 1. The van der Waals surface area contributed by atoms with Crippen LogP contribution in [0.15, 0.2) is 65.5 Å². The highest BCUT2D eigenvalue weighted by atomic mass is 16.5. The van der Waals surface area contributed by atoms with Gasteiger partial charge in [0.25, 0.3) is 11.5 Å². The van der Waals surface area contributed by atoms with E-state index in [1.807, 2.05) is 42.5 Å². The fourth-order valence-electron chi connectivity index (χ4n) is 5.58. The molecule has 2 saturated carbocycles. The minimum absolute atomic E-state index is 0.0551. The number of aromatic nitrogens is 4. The van der Waals surface area contributed by atoms with Gasteiger partial charge in [-0.25, -0.2) is 0 Å². The third kappa shape index (κ3) is 5.06. The molecule has 4 aromatic rings. The number of rotatable bonds is 9. The SMILES string of the molecule is COc1cccc(C2(CNC(=O)C3(OCc4cc(=O)n5nc(-c6ccccc6)nc5[nH]4)CCCCC3)CC2)c1. The largest absolute Gasteiger partial charge is 0.497 e. The summed E-state index contributed by atoms with van der Waals surface area (Å²) in [7, 11) is 1.67. The van der Waals surface area contributed by atoms with E-state index in [2.05, 4.69) is 32.5 Å². The second-order valence-corrected chi connectivity index (χ2v) is 10.7. The highest BCUT2D eigenvalue weighted by Gasteiger charge is 2.47. The zero-order valence-corrected chi connectivity index (χ0v) is 22.1. The fourth-order valence-corrected chi connectivity index (χ4v) is 5.58. The molecule has 2 aromatic carbocycles. The van der Waals surface area contributed by atoms with Gasteiger partial charge in [0.05, 0.1) is 13.7 Å². The molecule has 9 heteroatoms. The Labute approximate surface area is 226 Å². The Morgan fingerprint density at radius 2 is 1.82 bits per heavy atom. The Kier molecular flexibility index (Phi) is 6.68. The summed E-state index contributed by atoms with van der Waals surface area (Å²) < 4.78 is 13.0. The number of nitrogens with zero attached hydrogens (tertiary/aromatic N) is 3. The second-order valence-electron chi connectivity index (χ2n) is 10.7. The fraction of sp³-hybridized carbons (Fsp3) is 0.400.